The van der Waals surface area contributed by atoms with Gasteiger partial charge >= 0.3 is 0 Å². The van der Waals surface area contributed by atoms with Crippen molar-refractivity contribution in [3.05, 3.63) is 29.6 Å². The van der Waals surface area contributed by atoms with Gasteiger partial charge in [0.05, 0.1) is 12.7 Å². The van der Waals surface area contributed by atoms with Crippen molar-refractivity contribution in [1.82, 2.24) is 10.3 Å². The van der Waals surface area contributed by atoms with Crippen LogP contribution in [0, 0.1) is 0 Å². The van der Waals surface area contributed by atoms with Crippen LogP contribution < -0.4 is 5.32 Å². The highest BCUT2D eigenvalue weighted by atomic mass is 16.5. The minimum absolute atomic E-state index is 0.237. The zero-order valence-electron chi connectivity index (χ0n) is 8.07. The molecule has 0 amide bonds. The molecule has 1 fully saturated rings. The zero-order chi connectivity index (χ0) is 9.38. The van der Waals surface area contributed by atoms with Crippen molar-refractivity contribution in [2.24, 2.45) is 0 Å². The van der Waals surface area contributed by atoms with Crippen LogP contribution in [0.4, 0.5) is 0 Å². The summed E-state index contributed by atoms with van der Waals surface area (Å²) in [5.74, 6) is 0. The Morgan fingerprint density at radius 3 is 3.50 bits per heavy atom. The minimum atomic E-state index is 0.237. The van der Waals surface area contributed by atoms with Crippen molar-refractivity contribution in [3.63, 3.8) is 0 Å². The summed E-state index contributed by atoms with van der Waals surface area (Å²) in [6, 6.07) is 4.64. The monoisotopic (exact) mass is 190 g/mol. The summed E-state index contributed by atoms with van der Waals surface area (Å²) in [5.41, 5.74) is 2.51. The van der Waals surface area contributed by atoms with E-state index in [1.807, 2.05) is 12.3 Å². The molecule has 14 heavy (non-hydrogen) atoms. The van der Waals surface area contributed by atoms with Gasteiger partial charge < -0.3 is 10.1 Å². The Morgan fingerprint density at radius 2 is 2.50 bits per heavy atom. The molecular formula is C11H14N2O. The third-order valence-corrected chi connectivity index (χ3v) is 3.10. The number of hydrogen-bond acceptors (Lipinski definition) is 3. The molecule has 1 N–H and O–H groups in total. The predicted octanol–water partition coefficient (Wildman–Crippen LogP) is 1.06. The number of rotatable bonds is 0. The lowest BCUT2D eigenvalue weighted by Gasteiger charge is -2.37. The van der Waals surface area contributed by atoms with E-state index in [4.69, 9.17) is 4.74 Å². The molecule has 1 aromatic heterocycles. The second-order valence-electron chi connectivity index (χ2n) is 3.93. The summed E-state index contributed by atoms with van der Waals surface area (Å²) >= 11 is 0. The predicted molar refractivity (Wildman–Crippen MR) is 53.0 cm³/mol. The highest BCUT2D eigenvalue weighted by molar-refractivity contribution is 5.27. The summed E-state index contributed by atoms with van der Waals surface area (Å²) in [6.45, 7) is 1.80. The second kappa shape index (κ2) is 3.33. The maximum atomic E-state index is 5.81. The van der Waals surface area contributed by atoms with E-state index >= 15 is 0 Å². The topological polar surface area (TPSA) is 34.1 Å². The molecular weight excluding hydrogens is 176 g/mol. The maximum Gasteiger partial charge on any atom is 0.0996 e. The van der Waals surface area contributed by atoms with Crippen LogP contribution in [0.25, 0.3) is 0 Å². The minimum Gasteiger partial charge on any atom is -0.371 e. The molecule has 0 radical (unpaired) electrons. The molecule has 2 heterocycles. The van der Waals surface area contributed by atoms with E-state index in [0.29, 0.717) is 6.04 Å². The fraction of sp³-hybridized carbons (Fsp3) is 0.545. The number of nitrogens with zero attached hydrogens (tertiary/aromatic N) is 1. The van der Waals surface area contributed by atoms with Crippen molar-refractivity contribution >= 4 is 0 Å². The number of nitrogens with one attached hydrogen (secondary N) is 1. The SMILES string of the molecule is c1cnc2c(c1)C1OCCNC1CC2. The van der Waals surface area contributed by atoms with E-state index in [0.717, 1.165) is 26.0 Å². The molecule has 0 spiro atoms. The van der Waals surface area contributed by atoms with E-state index < -0.39 is 0 Å². The van der Waals surface area contributed by atoms with E-state index in [1.165, 1.54) is 11.3 Å². The standard InChI is InChI=1S/C11H14N2O/c1-2-8-9(12-5-1)3-4-10-11(8)14-7-6-13-10/h1-2,5,10-11,13H,3-4,6-7H2. The van der Waals surface area contributed by atoms with E-state index in [1.54, 1.807) is 0 Å². The van der Waals surface area contributed by atoms with Crippen LogP contribution >= 0.6 is 0 Å². The van der Waals surface area contributed by atoms with Gasteiger partial charge in [-0.15, -0.1) is 0 Å². The van der Waals surface area contributed by atoms with Gasteiger partial charge in [0.2, 0.25) is 0 Å². The third kappa shape index (κ3) is 1.24. The van der Waals surface area contributed by atoms with Gasteiger partial charge in [0.15, 0.2) is 0 Å². The average Bonchev–Trinajstić information content (AvgIpc) is 2.29. The first kappa shape index (κ1) is 8.38. The van der Waals surface area contributed by atoms with Crippen LogP contribution in [-0.4, -0.2) is 24.2 Å². The summed E-state index contributed by atoms with van der Waals surface area (Å²) in [7, 11) is 0. The molecule has 2 atom stereocenters. The first-order chi connectivity index (χ1) is 6.95. The molecule has 3 nitrogen and oxygen atoms in total. The van der Waals surface area contributed by atoms with Gasteiger partial charge in [0.25, 0.3) is 0 Å². The lowest BCUT2D eigenvalue weighted by atomic mass is 9.88. The summed E-state index contributed by atoms with van der Waals surface area (Å²) in [5, 5.41) is 3.51. The summed E-state index contributed by atoms with van der Waals surface area (Å²) < 4.78 is 5.81. The fourth-order valence-electron chi connectivity index (χ4n) is 2.42. The van der Waals surface area contributed by atoms with Gasteiger partial charge in [-0.1, -0.05) is 6.07 Å². The molecule has 3 rings (SSSR count). The largest absolute Gasteiger partial charge is 0.371 e. The van der Waals surface area contributed by atoms with Crippen LogP contribution in [0.1, 0.15) is 23.8 Å². The lowest BCUT2D eigenvalue weighted by Crippen LogP contribution is -2.45. The number of ether oxygens (including phenoxy) is 1. The Labute approximate surface area is 83.5 Å². The third-order valence-electron chi connectivity index (χ3n) is 3.10. The van der Waals surface area contributed by atoms with Crippen LogP contribution in [0.15, 0.2) is 18.3 Å². The lowest BCUT2D eigenvalue weighted by molar-refractivity contribution is -0.0132. The quantitative estimate of drug-likeness (QED) is 0.664. The van der Waals surface area contributed by atoms with Gasteiger partial charge in [-0.25, -0.2) is 0 Å². The maximum absolute atomic E-state index is 5.81. The first-order valence-corrected chi connectivity index (χ1v) is 5.24. The molecule has 1 aromatic rings. The molecule has 0 bridgehead atoms. The molecule has 2 unspecified atom stereocenters. The molecule has 2 aliphatic rings. The van der Waals surface area contributed by atoms with Crippen LogP contribution in [-0.2, 0) is 11.2 Å². The molecule has 3 heteroatoms. The molecule has 0 saturated carbocycles. The Hall–Kier alpha value is -0.930. The van der Waals surface area contributed by atoms with E-state index in [-0.39, 0.29) is 6.10 Å². The van der Waals surface area contributed by atoms with Crippen LogP contribution in [0.2, 0.25) is 0 Å². The number of aryl methyl sites for hydroxylation is 1. The van der Waals surface area contributed by atoms with E-state index in [2.05, 4.69) is 16.4 Å². The molecule has 1 aliphatic heterocycles. The van der Waals surface area contributed by atoms with Crippen LogP contribution in [0.3, 0.4) is 0 Å². The van der Waals surface area contributed by atoms with Crippen molar-refractivity contribution in [3.8, 4) is 0 Å². The van der Waals surface area contributed by atoms with Crippen molar-refractivity contribution in [2.45, 2.75) is 25.0 Å². The number of morpholine rings is 1. The summed E-state index contributed by atoms with van der Waals surface area (Å²) in [4.78, 5) is 4.40. The Bertz CT molecular complexity index is 340. The summed E-state index contributed by atoms with van der Waals surface area (Å²) in [6.07, 6.45) is 4.33. The number of fused-ring (bicyclic) bond motifs is 3. The number of pyridine rings is 1. The van der Waals surface area contributed by atoms with Gasteiger partial charge in [0.1, 0.15) is 0 Å². The van der Waals surface area contributed by atoms with Crippen molar-refractivity contribution < 1.29 is 4.74 Å². The average molecular weight is 190 g/mol. The van der Waals surface area contributed by atoms with Gasteiger partial charge in [0, 0.05) is 30.0 Å². The molecule has 74 valence electrons. The fourth-order valence-corrected chi connectivity index (χ4v) is 2.42. The highest BCUT2D eigenvalue weighted by Crippen LogP contribution is 2.32. The van der Waals surface area contributed by atoms with Crippen molar-refractivity contribution in [2.75, 3.05) is 13.2 Å². The Morgan fingerprint density at radius 1 is 1.50 bits per heavy atom. The van der Waals surface area contributed by atoms with Gasteiger partial charge in [-0.05, 0) is 18.9 Å². The van der Waals surface area contributed by atoms with E-state index in [9.17, 15) is 0 Å². The first-order valence-electron chi connectivity index (χ1n) is 5.24. The second-order valence-corrected chi connectivity index (χ2v) is 3.93. The molecule has 1 saturated heterocycles. The smallest absolute Gasteiger partial charge is 0.0996 e. The molecule has 0 aromatic carbocycles. The number of hydrogen-bond donors (Lipinski definition) is 1. The normalized spacial score (nSPS) is 30.6. The highest BCUT2D eigenvalue weighted by Gasteiger charge is 2.32. The molecule has 1 aliphatic carbocycles. The van der Waals surface area contributed by atoms with Gasteiger partial charge in [-0.3, -0.25) is 4.98 Å². The van der Waals surface area contributed by atoms with Crippen molar-refractivity contribution in [1.29, 1.82) is 0 Å². The number of aromatic nitrogens is 1. The van der Waals surface area contributed by atoms with Crippen LogP contribution in [0.5, 0.6) is 0 Å². The Kier molecular flexibility index (Phi) is 2.00. The van der Waals surface area contributed by atoms with Gasteiger partial charge in [-0.2, -0.15) is 0 Å². The Balaban J connectivity index is 1.99. The zero-order valence-corrected chi connectivity index (χ0v) is 8.07.